The number of alkyl halides is 3. The molecular weight excluding hydrogens is 321 g/mol. The van der Waals surface area contributed by atoms with Gasteiger partial charge in [0.2, 0.25) is 5.13 Å². The van der Waals surface area contributed by atoms with Crippen LogP contribution in [0.2, 0.25) is 0 Å². The molecule has 0 amide bonds. The Labute approximate surface area is 125 Å². The molecule has 2 aromatic heterocycles. The molecule has 21 heavy (non-hydrogen) atoms. The fourth-order valence-corrected chi connectivity index (χ4v) is 3.19. The Morgan fingerprint density at radius 3 is 2.76 bits per heavy atom. The van der Waals surface area contributed by atoms with Gasteiger partial charge < -0.3 is 5.11 Å². The van der Waals surface area contributed by atoms with Crippen molar-refractivity contribution in [3.8, 4) is 5.75 Å². The summed E-state index contributed by atoms with van der Waals surface area (Å²) in [6.07, 6.45) is -1.43. The highest BCUT2D eigenvalue weighted by atomic mass is 32.1. The highest BCUT2D eigenvalue weighted by Gasteiger charge is 2.31. The summed E-state index contributed by atoms with van der Waals surface area (Å²) in [7, 11) is 0. The molecule has 3 nitrogen and oxygen atoms in total. The minimum atomic E-state index is -4.43. The molecule has 3 rings (SSSR count). The summed E-state index contributed by atoms with van der Waals surface area (Å²) in [5.74, 6) is -0.193. The maximum absolute atomic E-state index is 12.7. The standard InChI is InChI=1S/C13H7F3N2OS2/c14-13(15,16)7-1-2-9-8(5-7)11(19)10(21-9)6-18-12-17-3-4-20-12/h1-6,19H. The zero-order valence-electron chi connectivity index (χ0n) is 10.3. The van der Waals surface area contributed by atoms with Gasteiger partial charge in [0, 0.05) is 21.7 Å². The largest absolute Gasteiger partial charge is 0.506 e. The minimum absolute atomic E-state index is 0.176. The number of benzene rings is 1. The van der Waals surface area contributed by atoms with E-state index < -0.39 is 11.7 Å². The molecule has 0 aliphatic carbocycles. The third kappa shape index (κ3) is 2.77. The van der Waals surface area contributed by atoms with Crippen molar-refractivity contribution in [3.63, 3.8) is 0 Å². The molecule has 1 N–H and O–H groups in total. The lowest BCUT2D eigenvalue weighted by molar-refractivity contribution is -0.137. The number of hydrogen-bond acceptors (Lipinski definition) is 5. The van der Waals surface area contributed by atoms with Crippen LogP contribution in [0.3, 0.4) is 0 Å². The van der Waals surface area contributed by atoms with E-state index in [1.807, 2.05) is 0 Å². The molecule has 0 saturated carbocycles. The number of fused-ring (bicyclic) bond motifs is 1. The Kier molecular flexibility index (Phi) is 3.42. The predicted octanol–water partition coefficient (Wildman–Crippen LogP) is 4.83. The van der Waals surface area contributed by atoms with Gasteiger partial charge in [-0.05, 0) is 18.2 Å². The third-order valence-corrected chi connectivity index (χ3v) is 4.50. The summed E-state index contributed by atoms with van der Waals surface area (Å²) in [6, 6.07) is 3.30. The van der Waals surface area contributed by atoms with E-state index in [2.05, 4.69) is 9.98 Å². The van der Waals surface area contributed by atoms with Crippen LogP contribution in [-0.4, -0.2) is 16.3 Å². The number of rotatable bonds is 2. The van der Waals surface area contributed by atoms with Crippen molar-refractivity contribution in [3.05, 3.63) is 40.2 Å². The maximum Gasteiger partial charge on any atom is 0.416 e. The second-order valence-corrected chi connectivity index (χ2v) is 6.05. The van der Waals surface area contributed by atoms with Gasteiger partial charge in [-0.15, -0.1) is 22.7 Å². The van der Waals surface area contributed by atoms with Crippen molar-refractivity contribution in [2.75, 3.05) is 0 Å². The molecule has 1 aromatic carbocycles. The van der Waals surface area contributed by atoms with Gasteiger partial charge in [0.05, 0.1) is 16.7 Å². The molecule has 0 radical (unpaired) electrons. The lowest BCUT2D eigenvalue weighted by Crippen LogP contribution is -2.03. The molecule has 3 aromatic rings. The monoisotopic (exact) mass is 328 g/mol. The highest BCUT2D eigenvalue weighted by Crippen LogP contribution is 2.39. The van der Waals surface area contributed by atoms with E-state index in [0.717, 1.165) is 12.1 Å². The lowest BCUT2D eigenvalue weighted by atomic mass is 10.1. The zero-order chi connectivity index (χ0) is 15.0. The number of thiophene rings is 1. The van der Waals surface area contributed by atoms with E-state index in [-0.39, 0.29) is 11.1 Å². The third-order valence-electron chi connectivity index (χ3n) is 2.73. The van der Waals surface area contributed by atoms with E-state index in [4.69, 9.17) is 0 Å². The van der Waals surface area contributed by atoms with Crippen LogP contribution in [0.5, 0.6) is 5.75 Å². The van der Waals surface area contributed by atoms with Crippen LogP contribution in [0.15, 0.2) is 34.8 Å². The van der Waals surface area contributed by atoms with Gasteiger partial charge >= 0.3 is 6.18 Å². The fraction of sp³-hybridized carbons (Fsp3) is 0.0769. The average molecular weight is 328 g/mol. The molecule has 0 aliphatic heterocycles. The molecule has 0 spiro atoms. The second kappa shape index (κ2) is 5.12. The summed E-state index contributed by atoms with van der Waals surface area (Å²) >= 11 is 2.50. The Hall–Kier alpha value is -1.93. The number of hydrogen-bond donors (Lipinski definition) is 1. The fourth-order valence-electron chi connectivity index (χ4n) is 1.76. The Morgan fingerprint density at radius 1 is 1.29 bits per heavy atom. The van der Waals surface area contributed by atoms with E-state index in [1.54, 1.807) is 11.6 Å². The predicted molar refractivity (Wildman–Crippen MR) is 77.9 cm³/mol. The van der Waals surface area contributed by atoms with Gasteiger partial charge in [-0.25, -0.2) is 9.98 Å². The van der Waals surface area contributed by atoms with Gasteiger partial charge in [-0.2, -0.15) is 13.2 Å². The summed E-state index contributed by atoms with van der Waals surface area (Å²) in [5.41, 5.74) is -0.786. The molecule has 0 fully saturated rings. The normalized spacial score (nSPS) is 12.5. The number of aliphatic imine (C=N–C) groups is 1. The van der Waals surface area contributed by atoms with Crippen molar-refractivity contribution >= 4 is 44.1 Å². The average Bonchev–Trinajstić information content (AvgIpc) is 3.04. The molecular formula is C13H7F3N2OS2. The number of thiazole rings is 1. The summed E-state index contributed by atoms with van der Waals surface area (Å²) in [6.45, 7) is 0. The van der Waals surface area contributed by atoms with E-state index in [0.29, 0.717) is 14.7 Å². The lowest BCUT2D eigenvalue weighted by Gasteiger charge is -2.05. The number of nitrogens with zero attached hydrogens (tertiary/aromatic N) is 2. The maximum atomic E-state index is 12.7. The molecule has 0 bridgehead atoms. The van der Waals surface area contributed by atoms with Crippen molar-refractivity contribution < 1.29 is 18.3 Å². The highest BCUT2D eigenvalue weighted by molar-refractivity contribution is 7.21. The number of halogens is 3. The summed E-state index contributed by atoms with van der Waals surface area (Å²) < 4.78 is 38.6. The Morgan fingerprint density at radius 2 is 2.10 bits per heavy atom. The van der Waals surface area contributed by atoms with Crippen LogP contribution in [-0.2, 0) is 6.18 Å². The first-order chi connectivity index (χ1) is 9.95. The first-order valence-electron chi connectivity index (χ1n) is 5.71. The van der Waals surface area contributed by atoms with E-state index in [1.165, 1.54) is 35.0 Å². The molecule has 0 unspecified atom stereocenters. The quantitative estimate of drug-likeness (QED) is 0.685. The Bertz CT molecular complexity index is 807. The molecule has 0 saturated heterocycles. The summed E-state index contributed by atoms with van der Waals surface area (Å²) in [5, 5.41) is 12.5. The van der Waals surface area contributed by atoms with Crippen LogP contribution in [0.1, 0.15) is 10.4 Å². The van der Waals surface area contributed by atoms with Crippen LogP contribution in [0, 0.1) is 0 Å². The molecule has 108 valence electrons. The van der Waals surface area contributed by atoms with Crippen LogP contribution >= 0.6 is 22.7 Å². The first kappa shape index (κ1) is 14.0. The van der Waals surface area contributed by atoms with Gasteiger partial charge in [-0.1, -0.05) is 0 Å². The van der Waals surface area contributed by atoms with Crippen LogP contribution < -0.4 is 0 Å². The molecule has 0 atom stereocenters. The summed E-state index contributed by atoms with van der Waals surface area (Å²) in [4.78, 5) is 8.43. The first-order valence-corrected chi connectivity index (χ1v) is 7.41. The van der Waals surface area contributed by atoms with Crippen molar-refractivity contribution in [1.29, 1.82) is 0 Å². The topological polar surface area (TPSA) is 45.5 Å². The van der Waals surface area contributed by atoms with Gasteiger partial charge in [0.15, 0.2) is 0 Å². The van der Waals surface area contributed by atoms with E-state index >= 15 is 0 Å². The van der Waals surface area contributed by atoms with Crippen molar-refractivity contribution in [2.24, 2.45) is 4.99 Å². The second-order valence-electron chi connectivity index (χ2n) is 4.10. The van der Waals surface area contributed by atoms with Crippen LogP contribution in [0.4, 0.5) is 18.3 Å². The minimum Gasteiger partial charge on any atom is -0.506 e. The molecule has 0 aliphatic rings. The smallest absolute Gasteiger partial charge is 0.416 e. The van der Waals surface area contributed by atoms with E-state index in [9.17, 15) is 18.3 Å². The Balaban J connectivity index is 2.04. The van der Waals surface area contributed by atoms with Crippen LogP contribution in [0.25, 0.3) is 10.1 Å². The van der Waals surface area contributed by atoms with Gasteiger partial charge in [0.25, 0.3) is 0 Å². The number of aromatic hydroxyl groups is 1. The van der Waals surface area contributed by atoms with Crippen molar-refractivity contribution in [1.82, 2.24) is 4.98 Å². The number of aromatic nitrogens is 1. The molecule has 2 heterocycles. The molecule has 8 heteroatoms. The van der Waals surface area contributed by atoms with Gasteiger partial charge in [0.1, 0.15) is 5.75 Å². The van der Waals surface area contributed by atoms with Crippen molar-refractivity contribution in [2.45, 2.75) is 6.18 Å². The zero-order valence-corrected chi connectivity index (χ0v) is 11.9. The van der Waals surface area contributed by atoms with Gasteiger partial charge in [-0.3, -0.25) is 0 Å². The SMILES string of the molecule is Oc1c(C=Nc2nccs2)sc2ccc(C(F)(F)F)cc12.